The van der Waals surface area contributed by atoms with Gasteiger partial charge in [-0.3, -0.25) is 0 Å². The Hall–Kier alpha value is -2.11. The molecule has 4 rings (SSSR count). The third-order valence-electron chi connectivity index (χ3n) is 5.57. The van der Waals surface area contributed by atoms with Crippen LogP contribution < -0.4 is 4.74 Å². The number of ether oxygens (including phenoxy) is 1. The van der Waals surface area contributed by atoms with E-state index in [0.29, 0.717) is 6.61 Å². The van der Waals surface area contributed by atoms with Crippen molar-refractivity contribution in [3.63, 3.8) is 0 Å². The molecule has 0 saturated carbocycles. The van der Waals surface area contributed by atoms with Crippen LogP contribution in [-0.2, 0) is 17.7 Å². The van der Waals surface area contributed by atoms with Crippen molar-refractivity contribution in [2.75, 3.05) is 25.2 Å². The molecule has 1 fully saturated rings. The molecule has 1 saturated heterocycles. The molecule has 0 atom stereocenters. The van der Waals surface area contributed by atoms with Gasteiger partial charge in [0.15, 0.2) is 0 Å². The average molecular weight is 443 g/mol. The highest BCUT2D eigenvalue weighted by Crippen LogP contribution is 2.34. The van der Waals surface area contributed by atoms with Crippen molar-refractivity contribution < 1.29 is 9.57 Å². The lowest BCUT2D eigenvalue weighted by molar-refractivity contribution is 0.146. The first kappa shape index (κ1) is 21.1. The van der Waals surface area contributed by atoms with E-state index in [-0.39, 0.29) is 0 Å². The molecule has 0 bridgehead atoms. The molecule has 0 aliphatic carbocycles. The number of H-pyrrole nitrogens is 1. The predicted molar refractivity (Wildman–Crippen MR) is 127 cm³/mol. The maximum atomic E-state index is 6.07. The normalized spacial score (nSPS) is 14.2. The zero-order valence-electron chi connectivity index (χ0n) is 17.5. The number of benzene rings is 2. The van der Waals surface area contributed by atoms with Crippen LogP contribution in [0.25, 0.3) is 10.9 Å². The Labute approximate surface area is 187 Å². The summed E-state index contributed by atoms with van der Waals surface area (Å²) < 4.78 is 5.72. The molecule has 0 radical (unpaired) electrons. The van der Waals surface area contributed by atoms with Crippen molar-refractivity contribution in [1.82, 2.24) is 4.98 Å². The molecular weight excluding hydrogens is 416 g/mol. The highest BCUT2D eigenvalue weighted by Gasteiger charge is 2.17. The van der Waals surface area contributed by atoms with E-state index in [9.17, 15) is 0 Å². The summed E-state index contributed by atoms with van der Waals surface area (Å²) in [6.07, 6.45) is 3.67. The summed E-state index contributed by atoms with van der Waals surface area (Å²) in [5.41, 5.74) is 7.14. The van der Waals surface area contributed by atoms with Crippen LogP contribution in [-0.4, -0.2) is 35.9 Å². The molecule has 4 nitrogen and oxygen atoms in total. The minimum absolute atomic E-state index is 0.571. The number of hydrogen-bond acceptors (Lipinski definition) is 4. The van der Waals surface area contributed by atoms with E-state index in [1.807, 2.05) is 30.0 Å². The monoisotopic (exact) mass is 442 g/mol. The molecule has 3 aromatic rings. The van der Waals surface area contributed by atoms with Gasteiger partial charge in [-0.05, 0) is 66.7 Å². The first-order chi connectivity index (χ1) is 14.7. The number of aryl methyl sites for hydroxylation is 1. The van der Waals surface area contributed by atoms with Crippen molar-refractivity contribution >= 4 is 40.0 Å². The number of nitrogens with one attached hydrogen (secondary N) is 1. The topological polar surface area (TPSA) is 46.6 Å². The van der Waals surface area contributed by atoms with Crippen LogP contribution in [0.1, 0.15) is 35.2 Å². The van der Waals surface area contributed by atoms with Gasteiger partial charge in [-0.1, -0.05) is 28.9 Å². The number of fused-ring (bicyclic) bond motifs is 1. The molecular formula is C24H27ClN2O2S. The molecule has 1 aliphatic rings. The highest BCUT2D eigenvalue weighted by molar-refractivity contribution is 7.99. The molecule has 1 N–H and O–H groups in total. The summed E-state index contributed by atoms with van der Waals surface area (Å²) in [4.78, 5) is 9.23. The molecule has 2 aromatic carbocycles. The second kappa shape index (κ2) is 9.80. The van der Waals surface area contributed by atoms with Crippen LogP contribution >= 0.6 is 23.4 Å². The molecule has 6 heteroatoms. The Morgan fingerprint density at radius 3 is 2.57 bits per heavy atom. The van der Waals surface area contributed by atoms with Crippen LogP contribution in [0.4, 0.5) is 0 Å². The fourth-order valence-corrected chi connectivity index (χ4v) is 5.10. The molecule has 0 unspecified atom stereocenters. The summed E-state index contributed by atoms with van der Waals surface area (Å²) in [6, 6.07) is 12.1. The number of nitrogens with zero attached hydrogens (tertiary/aromatic N) is 1. The molecule has 2 heterocycles. The van der Waals surface area contributed by atoms with Gasteiger partial charge in [0.25, 0.3) is 0 Å². The van der Waals surface area contributed by atoms with Gasteiger partial charge in [0.1, 0.15) is 12.4 Å². The number of aromatic amines is 1. The zero-order valence-corrected chi connectivity index (χ0v) is 19.0. The SMILES string of the molecule is COc1ccc2[nH]c(C)c(CCON=C3CCSCC3)c2c1Cc1ccc(Cl)cc1. The van der Waals surface area contributed by atoms with Crippen LogP contribution in [0.2, 0.25) is 5.02 Å². The van der Waals surface area contributed by atoms with Gasteiger partial charge in [-0.15, -0.1) is 0 Å². The van der Waals surface area contributed by atoms with Crippen molar-refractivity contribution in [3.05, 3.63) is 63.8 Å². The maximum Gasteiger partial charge on any atom is 0.123 e. The lowest BCUT2D eigenvalue weighted by Gasteiger charge is -2.13. The van der Waals surface area contributed by atoms with Gasteiger partial charge in [0, 0.05) is 40.0 Å². The summed E-state index contributed by atoms with van der Waals surface area (Å²) >= 11 is 8.05. The Morgan fingerprint density at radius 2 is 1.83 bits per heavy atom. The number of oxime groups is 1. The Morgan fingerprint density at radius 1 is 1.07 bits per heavy atom. The Bertz CT molecular complexity index is 1040. The molecule has 0 amide bonds. The minimum atomic E-state index is 0.571. The smallest absolute Gasteiger partial charge is 0.123 e. The van der Waals surface area contributed by atoms with E-state index in [1.54, 1.807) is 7.11 Å². The quantitative estimate of drug-likeness (QED) is 0.351. The number of thioether (sulfide) groups is 1. The van der Waals surface area contributed by atoms with Gasteiger partial charge in [0.05, 0.1) is 12.8 Å². The number of rotatable bonds is 7. The van der Waals surface area contributed by atoms with Crippen molar-refractivity contribution in [1.29, 1.82) is 0 Å². The zero-order chi connectivity index (χ0) is 20.9. The van der Waals surface area contributed by atoms with Gasteiger partial charge in [0.2, 0.25) is 0 Å². The van der Waals surface area contributed by atoms with Crippen molar-refractivity contribution in [2.24, 2.45) is 5.16 Å². The second-order valence-electron chi connectivity index (χ2n) is 7.55. The number of halogens is 1. The maximum absolute atomic E-state index is 6.07. The third kappa shape index (κ3) is 4.79. The molecule has 158 valence electrons. The molecule has 1 aromatic heterocycles. The minimum Gasteiger partial charge on any atom is -0.496 e. The third-order valence-corrected chi connectivity index (χ3v) is 6.81. The summed E-state index contributed by atoms with van der Waals surface area (Å²) in [5.74, 6) is 3.20. The van der Waals surface area contributed by atoms with E-state index in [0.717, 1.165) is 53.5 Å². The van der Waals surface area contributed by atoms with Crippen molar-refractivity contribution in [3.8, 4) is 5.75 Å². The molecule has 0 spiro atoms. The number of methoxy groups -OCH3 is 1. The summed E-state index contributed by atoms with van der Waals surface area (Å²) in [6.45, 7) is 2.69. The van der Waals surface area contributed by atoms with Gasteiger partial charge in [-0.25, -0.2) is 0 Å². The predicted octanol–water partition coefficient (Wildman–Crippen LogP) is 6.17. The number of hydrogen-bond donors (Lipinski definition) is 1. The van der Waals surface area contributed by atoms with Crippen LogP contribution in [0.5, 0.6) is 5.75 Å². The van der Waals surface area contributed by atoms with Crippen LogP contribution in [0, 0.1) is 6.92 Å². The summed E-state index contributed by atoms with van der Waals surface area (Å²) in [7, 11) is 1.73. The van der Waals surface area contributed by atoms with Crippen LogP contribution in [0.3, 0.4) is 0 Å². The molecule has 30 heavy (non-hydrogen) atoms. The first-order valence-corrected chi connectivity index (χ1v) is 11.9. The molecule has 1 aliphatic heterocycles. The van der Waals surface area contributed by atoms with E-state index < -0.39 is 0 Å². The first-order valence-electron chi connectivity index (χ1n) is 10.3. The van der Waals surface area contributed by atoms with Crippen LogP contribution in [0.15, 0.2) is 41.6 Å². The van der Waals surface area contributed by atoms with Gasteiger partial charge >= 0.3 is 0 Å². The Balaban J connectivity index is 1.60. The second-order valence-corrected chi connectivity index (χ2v) is 9.22. The van der Waals surface area contributed by atoms with E-state index in [1.165, 1.54) is 33.5 Å². The van der Waals surface area contributed by atoms with E-state index in [2.05, 4.69) is 35.3 Å². The summed E-state index contributed by atoms with van der Waals surface area (Å²) in [5, 5.41) is 6.36. The van der Waals surface area contributed by atoms with Gasteiger partial charge < -0.3 is 14.6 Å². The van der Waals surface area contributed by atoms with E-state index >= 15 is 0 Å². The van der Waals surface area contributed by atoms with Gasteiger partial charge in [-0.2, -0.15) is 11.8 Å². The lowest BCUT2D eigenvalue weighted by atomic mass is 9.96. The Kier molecular flexibility index (Phi) is 6.90. The fraction of sp³-hybridized carbons (Fsp3) is 0.375. The fourth-order valence-electron chi connectivity index (χ4n) is 4.01. The standard InChI is InChI=1S/C24H27ClN2O2S/c1-16-20(9-12-29-27-19-10-13-30-14-11-19)24-21(15-17-3-5-18(25)6-4-17)23(28-2)8-7-22(24)26-16/h3-8,26H,9-15H2,1-2H3. The lowest BCUT2D eigenvalue weighted by Crippen LogP contribution is -2.09. The average Bonchev–Trinajstić information content (AvgIpc) is 3.09. The van der Waals surface area contributed by atoms with E-state index in [4.69, 9.17) is 21.2 Å². The van der Waals surface area contributed by atoms with Crippen molar-refractivity contribution in [2.45, 2.75) is 32.6 Å². The number of aromatic nitrogens is 1. The largest absolute Gasteiger partial charge is 0.496 e. The highest BCUT2D eigenvalue weighted by atomic mass is 35.5.